The number of hydrogen-bond donors (Lipinski definition) is 1. The maximum atomic E-state index is 5.49. The minimum atomic E-state index is 0.464. The first-order valence-electron chi connectivity index (χ1n) is 9.88. The van der Waals surface area contributed by atoms with Crippen molar-refractivity contribution in [2.45, 2.75) is 26.3 Å². The molecule has 6 nitrogen and oxygen atoms in total. The van der Waals surface area contributed by atoms with Crippen molar-refractivity contribution >= 4 is 16.7 Å². The van der Waals surface area contributed by atoms with Crippen molar-refractivity contribution in [2.24, 2.45) is 0 Å². The number of anilines is 1. The molecule has 29 heavy (non-hydrogen) atoms. The number of nitrogens with one attached hydrogen (secondary N) is 1. The van der Waals surface area contributed by atoms with Gasteiger partial charge in [0.25, 0.3) is 0 Å². The van der Waals surface area contributed by atoms with Gasteiger partial charge in [0.2, 0.25) is 0 Å². The van der Waals surface area contributed by atoms with E-state index in [1.54, 1.807) is 26.6 Å². The van der Waals surface area contributed by atoms with Crippen LogP contribution in [0.15, 0.2) is 66.9 Å². The molecule has 1 N–H and O–H groups in total. The van der Waals surface area contributed by atoms with E-state index in [9.17, 15) is 0 Å². The van der Waals surface area contributed by atoms with Crippen molar-refractivity contribution in [3.63, 3.8) is 0 Å². The van der Waals surface area contributed by atoms with Gasteiger partial charge in [-0.05, 0) is 43.3 Å². The molecule has 0 aliphatic rings. The third kappa shape index (κ3) is 7.00. The van der Waals surface area contributed by atoms with Crippen LogP contribution in [0.2, 0.25) is 0 Å². The van der Waals surface area contributed by atoms with Gasteiger partial charge in [0, 0.05) is 49.6 Å². The summed E-state index contributed by atoms with van der Waals surface area (Å²) >= 11 is 0. The summed E-state index contributed by atoms with van der Waals surface area (Å²) < 4.78 is 10.6. The highest BCUT2D eigenvalue weighted by Gasteiger charge is 2.12. The second-order valence-electron chi connectivity index (χ2n) is 6.88. The van der Waals surface area contributed by atoms with E-state index in [-0.39, 0.29) is 0 Å². The third-order valence-electron chi connectivity index (χ3n) is 4.37. The first-order valence-corrected chi connectivity index (χ1v) is 9.88. The Morgan fingerprint density at radius 3 is 2.62 bits per heavy atom. The predicted molar refractivity (Wildman–Crippen MR) is 120 cm³/mol. The maximum absolute atomic E-state index is 5.49. The fraction of sp³-hybridized carbons (Fsp3) is 0.391. The summed E-state index contributed by atoms with van der Waals surface area (Å²) in [5.41, 5.74) is 3.72. The topological polar surface area (TPSA) is 59.5 Å². The zero-order valence-corrected chi connectivity index (χ0v) is 17.9. The van der Waals surface area contributed by atoms with E-state index in [0.717, 1.165) is 47.7 Å². The molecule has 2 aromatic rings. The van der Waals surface area contributed by atoms with Crippen LogP contribution in [-0.2, 0) is 9.47 Å². The number of benzene rings is 1. The molecule has 6 heteroatoms. The summed E-state index contributed by atoms with van der Waals surface area (Å²) in [5, 5.41) is 3.47. The van der Waals surface area contributed by atoms with Gasteiger partial charge >= 0.3 is 0 Å². The molecule has 0 amide bonds. The Balaban J connectivity index is 2.36. The number of hydrogen-bond acceptors (Lipinski definition) is 6. The minimum absolute atomic E-state index is 0.464. The van der Waals surface area contributed by atoms with Crippen molar-refractivity contribution in [3.8, 4) is 0 Å². The van der Waals surface area contributed by atoms with Gasteiger partial charge in [-0.1, -0.05) is 20.4 Å². The number of allylic oxidation sites excluding steroid dienone is 2. The first kappa shape index (κ1) is 22.6. The Labute approximate surface area is 173 Å². The fourth-order valence-corrected chi connectivity index (χ4v) is 2.91. The number of ether oxygens (including phenoxy) is 2. The zero-order valence-electron chi connectivity index (χ0n) is 17.9. The van der Waals surface area contributed by atoms with Crippen LogP contribution in [0.25, 0.3) is 11.0 Å². The lowest BCUT2D eigenvalue weighted by Gasteiger charge is -2.27. The fourth-order valence-electron chi connectivity index (χ4n) is 2.91. The maximum Gasteiger partial charge on any atom is 0.119 e. The van der Waals surface area contributed by atoms with Crippen molar-refractivity contribution in [1.82, 2.24) is 15.3 Å². The Bertz CT molecular complexity index is 846. The monoisotopic (exact) mass is 396 g/mol. The Morgan fingerprint density at radius 2 is 1.97 bits per heavy atom. The predicted octanol–water partition coefficient (Wildman–Crippen LogP) is 4.07. The van der Waals surface area contributed by atoms with Crippen LogP contribution in [0.5, 0.6) is 0 Å². The largest absolute Gasteiger partial charge is 0.497 e. The van der Waals surface area contributed by atoms with E-state index in [0.29, 0.717) is 12.6 Å². The highest BCUT2D eigenvalue weighted by atomic mass is 16.5. The Hall–Kier alpha value is -2.70. The number of fused-ring (bicyclic) bond motifs is 1. The van der Waals surface area contributed by atoms with Crippen molar-refractivity contribution in [3.05, 3.63) is 66.9 Å². The van der Waals surface area contributed by atoms with E-state index in [1.807, 2.05) is 24.3 Å². The summed E-state index contributed by atoms with van der Waals surface area (Å²) in [6, 6.07) is 6.58. The molecule has 1 aromatic heterocycles. The zero-order chi connectivity index (χ0) is 21.1. The lowest BCUT2D eigenvalue weighted by atomic mass is 10.2. The van der Waals surface area contributed by atoms with Gasteiger partial charge in [-0.25, -0.2) is 0 Å². The first-order chi connectivity index (χ1) is 14.1. The third-order valence-corrected chi connectivity index (χ3v) is 4.37. The van der Waals surface area contributed by atoms with Gasteiger partial charge < -0.3 is 19.7 Å². The number of aromatic nitrogens is 2. The molecular weight excluding hydrogens is 364 g/mol. The molecular formula is C23H32N4O2. The lowest BCUT2D eigenvalue weighted by Crippen LogP contribution is -2.29. The molecule has 0 spiro atoms. The molecule has 0 fully saturated rings. The van der Waals surface area contributed by atoms with Gasteiger partial charge in [-0.3, -0.25) is 9.97 Å². The van der Waals surface area contributed by atoms with Crippen LogP contribution < -0.4 is 10.2 Å². The molecule has 0 saturated heterocycles. The van der Waals surface area contributed by atoms with E-state index >= 15 is 0 Å². The lowest BCUT2D eigenvalue weighted by molar-refractivity contribution is 0.226. The number of nitrogens with zero attached hydrogens (tertiary/aromatic N) is 3. The highest BCUT2D eigenvalue weighted by Crippen LogP contribution is 2.24. The van der Waals surface area contributed by atoms with Gasteiger partial charge in [0.1, 0.15) is 5.76 Å². The molecule has 0 saturated carbocycles. The van der Waals surface area contributed by atoms with Crippen LogP contribution in [0.1, 0.15) is 20.3 Å². The molecule has 0 unspecified atom stereocenters. The standard InChI is InChI=1S/C23H32N4O2/c1-6-19(16-21(29-5)10-15-28-4)27(14-7-11-24-18(2)3)20-8-9-22-23(17-20)26-13-12-25-22/h6,8-10,12-13,16-18,24H,1,7,11,14-15H2,2-5H3/b19-16+,21-10+. The molecule has 156 valence electrons. The SMILES string of the molecule is C=C/C(=C\C(=C/COC)OC)N(CCCNC(C)C)c1ccc2nccnc2c1. The Morgan fingerprint density at radius 1 is 1.21 bits per heavy atom. The molecule has 0 aliphatic carbocycles. The van der Waals surface area contributed by atoms with E-state index in [4.69, 9.17) is 9.47 Å². The van der Waals surface area contributed by atoms with Crippen LogP contribution in [0.4, 0.5) is 5.69 Å². The second kappa shape index (κ2) is 12.0. The molecule has 2 rings (SSSR count). The van der Waals surface area contributed by atoms with Crippen LogP contribution in [0.3, 0.4) is 0 Å². The van der Waals surface area contributed by atoms with Gasteiger partial charge in [0.05, 0.1) is 24.8 Å². The number of methoxy groups -OCH3 is 2. The molecule has 0 bridgehead atoms. The quantitative estimate of drug-likeness (QED) is 0.332. The van der Waals surface area contributed by atoms with E-state index in [1.165, 1.54) is 0 Å². The average Bonchev–Trinajstić information content (AvgIpc) is 2.74. The van der Waals surface area contributed by atoms with Gasteiger partial charge in [0.15, 0.2) is 0 Å². The summed E-state index contributed by atoms with van der Waals surface area (Å²) in [6.45, 7) is 10.6. The molecule has 0 radical (unpaired) electrons. The van der Waals surface area contributed by atoms with Crippen molar-refractivity contribution in [1.29, 1.82) is 0 Å². The normalized spacial score (nSPS) is 12.4. The summed E-state index contributed by atoms with van der Waals surface area (Å²) in [5.74, 6) is 0.729. The van der Waals surface area contributed by atoms with Gasteiger partial charge in [-0.2, -0.15) is 0 Å². The summed E-state index contributed by atoms with van der Waals surface area (Å²) in [4.78, 5) is 11.0. The minimum Gasteiger partial charge on any atom is -0.497 e. The summed E-state index contributed by atoms with van der Waals surface area (Å²) in [6.07, 6.45) is 10.1. The molecule has 1 aromatic carbocycles. The Kier molecular flexibility index (Phi) is 9.34. The van der Waals surface area contributed by atoms with Crippen molar-refractivity contribution < 1.29 is 9.47 Å². The average molecular weight is 397 g/mol. The molecule has 1 heterocycles. The van der Waals surface area contributed by atoms with Crippen LogP contribution >= 0.6 is 0 Å². The van der Waals surface area contributed by atoms with Crippen LogP contribution in [0, 0.1) is 0 Å². The van der Waals surface area contributed by atoms with Crippen LogP contribution in [-0.4, -0.2) is 49.9 Å². The second-order valence-corrected chi connectivity index (χ2v) is 6.88. The van der Waals surface area contributed by atoms with Crippen molar-refractivity contribution in [2.75, 3.05) is 38.8 Å². The van der Waals surface area contributed by atoms with Gasteiger partial charge in [-0.15, -0.1) is 0 Å². The van der Waals surface area contributed by atoms with E-state index < -0.39 is 0 Å². The molecule has 0 aliphatic heterocycles. The van der Waals surface area contributed by atoms with E-state index in [2.05, 4.69) is 52.7 Å². The smallest absolute Gasteiger partial charge is 0.119 e. The molecule has 0 atom stereocenters. The number of rotatable bonds is 12. The summed E-state index contributed by atoms with van der Waals surface area (Å²) in [7, 11) is 3.31. The highest BCUT2D eigenvalue weighted by molar-refractivity contribution is 5.79.